The van der Waals surface area contributed by atoms with Crippen LogP contribution in [0.2, 0.25) is 0 Å². The lowest BCUT2D eigenvalue weighted by Crippen LogP contribution is -2.38. The van der Waals surface area contributed by atoms with Crippen LogP contribution >= 0.6 is 11.8 Å². The van der Waals surface area contributed by atoms with Gasteiger partial charge >= 0.3 is 5.97 Å². The van der Waals surface area contributed by atoms with E-state index >= 15 is 0 Å². The maximum absolute atomic E-state index is 12.0. The molecule has 1 fully saturated rings. The van der Waals surface area contributed by atoms with Crippen molar-refractivity contribution in [1.82, 2.24) is 10.3 Å². The highest BCUT2D eigenvalue weighted by molar-refractivity contribution is 7.99. The van der Waals surface area contributed by atoms with Crippen LogP contribution in [0.25, 0.3) is 22.6 Å². The van der Waals surface area contributed by atoms with E-state index in [-0.39, 0.29) is 50.0 Å². The third kappa shape index (κ3) is 8.65. The molecule has 1 amide bonds. The van der Waals surface area contributed by atoms with Crippen LogP contribution in [0.15, 0.2) is 119 Å². The third-order valence-electron chi connectivity index (χ3n) is 8.49. The van der Waals surface area contributed by atoms with Gasteiger partial charge < -0.3 is 29.4 Å². The number of benzene rings is 4. The van der Waals surface area contributed by atoms with E-state index in [0.29, 0.717) is 16.7 Å². The number of aliphatic carboxylic acids is 1. The Bertz CT molecular complexity index is 1770. The highest BCUT2D eigenvalue weighted by atomic mass is 32.2. The van der Waals surface area contributed by atoms with E-state index in [9.17, 15) is 14.7 Å². The lowest BCUT2D eigenvalue weighted by atomic mass is 9.91. The van der Waals surface area contributed by atoms with Crippen molar-refractivity contribution < 1.29 is 33.7 Å². The molecule has 0 radical (unpaired) electrons. The number of carbonyl (C=O) groups excluding carboxylic acids is 1. The van der Waals surface area contributed by atoms with Gasteiger partial charge in [0.05, 0.1) is 25.2 Å². The molecule has 3 N–H and O–H groups in total. The van der Waals surface area contributed by atoms with E-state index in [1.54, 1.807) is 0 Å². The lowest BCUT2D eigenvalue weighted by molar-refractivity contribution is -0.268. The summed E-state index contributed by atoms with van der Waals surface area (Å²) in [5.41, 5.74) is 6.22. The number of hydrogen-bond donors (Lipinski definition) is 3. The molecule has 0 aliphatic carbocycles. The number of carboxylic acids is 1. The summed E-state index contributed by atoms with van der Waals surface area (Å²) in [4.78, 5) is 27.7. The van der Waals surface area contributed by atoms with E-state index in [0.717, 1.165) is 39.1 Å². The van der Waals surface area contributed by atoms with E-state index in [4.69, 9.17) is 24.0 Å². The Balaban J connectivity index is 1.21. The van der Waals surface area contributed by atoms with E-state index in [1.807, 2.05) is 109 Å². The number of oxazole rings is 1. The fourth-order valence-corrected chi connectivity index (χ4v) is 6.69. The molecule has 0 saturated carbocycles. The number of carboxylic acid groups (broad SMARTS) is 1. The van der Waals surface area contributed by atoms with Gasteiger partial charge in [-0.05, 0) is 16.7 Å². The van der Waals surface area contributed by atoms with E-state index in [1.165, 1.54) is 11.8 Å². The van der Waals surface area contributed by atoms with Crippen LogP contribution < -0.4 is 5.32 Å². The second kappa shape index (κ2) is 16.1. The maximum Gasteiger partial charge on any atom is 0.303 e. The fourth-order valence-electron chi connectivity index (χ4n) is 5.70. The summed E-state index contributed by atoms with van der Waals surface area (Å²) < 4.78 is 19.6. The fraction of sp³-hybridized carbons (Fsp3) is 0.256. The number of carbonyl (C=O) groups is 2. The van der Waals surface area contributed by atoms with Crippen molar-refractivity contribution in [2.24, 2.45) is 5.92 Å². The van der Waals surface area contributed by atoms with Crippen molar-refractivity contribution in [2.75, 3.05) is 5.75 Å². The second-order valence-corrected chi connectivity index (χ2v) is 12.9. The number of aromatic nitrogens is 1. The Kier molecular flexibility index (Phi) is 11.2. The van der Waals surface area contributed by atoms with Crippen LogP contribution in [-0.4, -0.2) is 38.9 Å². The molecule has 1 aliphatic heterocycles. The smallest absolute Gasteiger partial charge is 0.303 e. The summed E-state index contributed by atoms with van der Waals surface area (Å²) in [6.07, 6.45) is -1.44. The molecule has 0 bridgehead atoms. The Morgan fingerprint density at radius 1 is 0.796 bits per heavy atom. The summed E-state index contributed by atoms with van der Waals surface area (Å²) >= 11 is 1.50. The number of ether oxygens (including phenoxy) is 2. The number of thioether (sulfide) groups is 1. The number of rotatable bonds is 13. The second-order valence-electron chi connectivity index (χ2n) is 11.9. The van der Waals surface area contributed by atoms with Crippen LogP contribution in [0, 0.1) is 5.92 Å². The summed E-state index contributed by atoms with van der Waals surface area (Å²) in [5.74, 6) is -0.0627. The van der Waals surface area contributed by atoms with Gasteiger partial charge in [0.1, 0.15) is 5.69 Å². The van der Waals surface area contributed by atoms with Gasteiger partial charge in [-0.3, -0.25) is 9.59 Å². The van der Waals surface area contributed by atoms with Crippen LogP contribution in [0.3, 0.4) is 0 Å². The van der Waals surface area contributed by atoms with Crippen molar-refractivity contribution in [3.8, 4) is 22.6 Å². The van der Waals surface area contributed by atoms with Crippen LogP contribution in [-0.2, 0) is 32.2 Å². The minimum Gasteiger partial charge on any atom is -0.481 e. The van der Waals surface area contributed by atoms with Gasteiger partial charge in [0.25, 0.3) is 5.22 Å². The average Bonchev–Trinajstić information content (AvgIpc) is 3.58. The average molecular weight is 679 g/mol. The zero-order valence-electron chi connectivity index (χ0n) is 27.0. The van der Waals surface area contributed by atoms with Gasteiger partial charge in [-0.15, -0.1) is 0 Å². The standard InChI is InChI=1S/C39H38N2O7S/c1-25-32(24-49-39-41-35(28-8-4-2-5-9-28)37(48-39)29-10-6-3-7-11-29)46-38(47-36(25)30-16-14-27(23-42)15-17-30)31-18-12-26(13-19-31)22-40-33(43)20-21-34(44)45/h2-19,25,32,36,38,42H,20-24H2,1H3,(H,40,43)(H,44,45)/t25-,32+,36+,38+/m0/s1. The molecule has 0 unspecified atom stereocenters. The molecule has 2 heterocycles. The van der Waals surface area contributed by atoms with Crippen molar-refractivity contribution in [3.63, 3.8) is 0 Å². The minimum absolute atomic E-state index is 0.0267. The normalized spacial score (nSPS) is 19.0. The SMILES string of the molecule is C[C@H]1[C@@H](CSc2nc(-c3ccccc3)c(-c3ccccc3)o2)O[C@@H](c2ccc(CNC(=O)CCC(=O)O)cc2)O[C@H]1c1ccc(CO)cc1. The molecule has 10 heteroatoms. The Hall–Kier alpha value is -4.74. The van der Waals surface area contributed by atoms with Crippen molar-refractivity contribution in [3.05, 3.63) is 131 Å². The highest BCUT2D eigenvalue weighted by Crippen LogP contribution is 2.44. The molecule has 4 aromatic carbocycles. The first-order valence-corrected chi connectivity index (χ1v) is 17.2. The molecule has 49 heavy (non-hydrogen) atoms. The van der Waals surface area contributed by atoms with Gasteiger partial charge in [0.15, 0.2) is 12.1 Å². The minimum atomic E-state index is -1.00. The molecule has 1 saturated heterocycles. The van der Waals surface area contributed by atoms with Gasteiger partial charge in [-0.1, -0.05) is 128 Å². The number of hydrogen-bond acceptors (Lipinski definition) is 8. The van der Waals surface area contributed by atoms with Gasteiger partial charge in [0.2, 0.25) is 5.91 Å². The zero-order valence-corrected chi connectivity index (χ0v) is 27.8. The van der Waals surface area contributed by atoms with E-state index in [2.05, 4.69) is 12.2 Å². The maximum atomic E-state index is 12.0. The summed E-state index contributed by atoms with van der Waals surface area (Å²) in [6.45, 7) is 2.36. The first-order valence-electron chi connectivity index (χ1n) is 16.2. The molecule has 6 rings (SSSR count). The summed E-state index contributed by atoms with van der Waals surface area (Å²) in [6, 6.07) is 35.4. The Labute approximate surface area is 289 Å². The molecule has 0 spiro atoms. The predicted molar refractivity (Wildman–Crippen MR) is 186 cm³/mol. The number of aliphatic hydroxyl groups excluding tert-OH is 1. The largest absolute Gasteiger partial charge is 0.481 e. The molecular weight excluding hydrogens is 641 g/mol. The molecule has 9 nitrogen and oxygen atoms in total. The van der Waals surface area contributed by atoms with Crippen molar-refractivity contribution in [2.45, 2.75) is 56.6 Å². The number of aliphatic hydroxyl groups is 1. The lowest BCUT2D eigenvalue weighted by Gasteiger charge is -2.41. The van der Waals surface area contributed by atoms with E-state index < -0.39 is 12.3 Å². The monoisotopic (exact) mass is 678 g/mol. The molecule has 5 aromatic rings. The quantitative estimate of drug-likeness (QED) is 0.108. The van der Waals surface area contributed by atoms with Crippen LogP contribution in [0.5, 0.6) is 0 Å². The third-order valence-corrected chi connectivity index (χ3v) is 9.41. The zero-order chi connectivity index (χ0) is 34.2. The van der Waals surface area contributed by atoms with Crippen molar-refractivity contribution >= 4 is 23.6 Å². The summed E-state index contributed by atoms with van der Waals surface area (Å²) in [7, 11) is 0. The van der Waals surface area contributed by atoms with Gasteiger partial charge in [-0.25, -0.2) is 4.98 Å². The van der Waals surface area contributed by atoms with Crippen LogP contribution in [0.4, 0.5) is 0 Å². The van der Waals surface area contributed by atoms with Gasteiger partial charge in [0, 0.05) is 41.3 Å². The Morgan fingerprint density at radius 3 is 2.08 bits per heavy atom. The van der Waals surface area contributed by atoms with Crippen LogP contribution in [0.1, 0.15) is 54.4 Å². The van der Waals surface area contributed by atoms with Gasteiger partial charge in [-0.2, -0.15) is 0 Å². The predicted octanol–water partition coefficient (Wildman–Crippen LogP) is 7.57. The number of amides is 1. The topological polar surface area (TPSA) is 131 Å². The molecule has 252 valence electrons. The molecular formula is C39H38N2O7S. The molecule has 4 atom stereocenters. The number of nitrogens with one attached hydrogen (secondary N) is 1. The molecule has 1 aliphatic rings. The van der Waals surface area contributed by atoms with Crippen molar-refractivity contribution in [1.29, 1.82) is 0 Å². The summed E-state index contributed by atoms with van der Waals surface area (Å²) in [5, 5.41) is 21.7. The number of nitrogens with zero attached hydrogens (tertiary/aromatic N) is 1. The Morgan fingerprint density at radius 2 is 1.43 bits per heavy atom. The molecule has 1 aromatic heterocycles. The first kappa shape index (κ1) is 34.1. The highest BCUT2D eigenvalue weighted by Gasteiger charge is 2.38. The first-order chi connectivity index (χ1) is 23.9.